The molecule has 0 fully saturated rings. The molecule has 1 atom stereocenters. The lowest BCUT2D eigenvalue weighted by molar-refractivity contribution is -0.167. The first kappa shape index (κ1) is 74.2. The molecule has 0 aromatic carbocycles. The van der Waals surface area contributed by atoms with Gasteiger partial charge in [-0.05, 0) is 38.5 Å². The predicted octanol–water partition coefficient (Wildman–Crippen LogP) is 23.6. The Kier molecular flexibility index (Phi) is 64.1. The molecule has 0 saturated heterocycles. The fourth-order valence-electron chi connectivity index (χ4n) is 10.8. The third-order valence-electron chi connectivity index (χ3n) is 16.0. The van der Waals surface area contributed by atoms with E-state index >= 15 is 0 Å². The van der Waals surface area contributed by atoms with E-state index in [4.69, 9.17) is 14.2 Å². The summed E-state index contributed by atoms with van der Waals surface area (Å²) in [6.07, 6.45) is 78.4. The van der Waals surface area contributed by atoms with E-state index in [1.807, 2.05) is 0 Å². The van der Waals surface area contributed by atoms with Gasteiger partial charge in [-0.3, -0.25) is 14.4 Å². The van der Waals surface area contributed by atoms with Crippen molar-refractivity contribution in [3.8, 4) is 0 Å². The molecular weight excluding hydrogens is 937 g/mol. The molecule has 0 bridgehead atoms. The van der Waals surface area contributed by atoms with Crippen LogP contribution in [0.3, 0.4) is 0 Å². The highest BCUT2D eigenvalue weighted by molar-refractivity contribution is 5.71. The molecule has 0 aliphatic carbocycles. The van der Waals surface area contributed by atoms with Crippen molar-refractivity contribution < 1.29 is 28.6 Å². The molecule has 0 amide bonds. The van der Waals surface area contributed by atoms with Gasteiger partial charge in [0.15, 0.2) is 6.10 Å². The molecule has 76 heavy (non-hydrogen) atoms. The van der Waals surface area contributed by atoms with E-state index in [0.29, 0.717) is 19.3 Å². The Hall–Kier alpha value is -1.85. The lowest BCUT2D eigenvalue weighted by Crippen LogP contribution is -2.30. The zero-order valence-electron chi connectivity index (χ0n) is 51.8. The minimum atomic E-state index is -0.768. The molecule has 0 spiro atoms. The van der Waals surface area contributed by atoms with Crippen LogP contribution in [0.2, 0.25) is 0 Å². The van der Waals surface area contributed by atoms with Gasteiger partial charge in [-0.15, -0.1) is 0 Å². The van der Waals surface area contributed by atoms with E-state index in [9.17, 15) is 14.4 Å². The average molecular weight is 1070 g/mol. The first-order chi connectivity index (χ1) is 37.5. The number of hydrogen-bond donors (Lipinski definition) is 0. The van der Waals surface area contributed by atoms with Crippen molar-refractivity contribution in [2.24, 2.45) is 0 Å². The Morgan fingerprint density at radius 3 is 0.711 bits per heavy atom. The van der Waals surface area contributed by atoms with E-state index in [1.165, 1.54) is 289 Å². The van der Waals surface area contributed by atoms with E-state index in [-0.39, 0.29) is 31.1 Å². The number of rotatable bonds is 65. The molecule has 0 aromatic rings. The molecule has 450 valence electrons. The minimum Gasteiger partial charge on any atom is -0.462 e. The number of ether oxygens (including phenoxy) is 3. The Morgan fingerprint density at radius 1 is 0.250 bits per heavy atom. The van der Waals surface area contributed by atoms with E-state index in [2.05, 4.69) is 32.9 Å². The van der Waals surface area contributed by atoms with Crippen LogP contribution in [0.15, 0.2) is 12.2 Å². The molecule has 0 heterocycles. The van der Waals surface area contributed by atoms with Crippen LogP contribution in [0, 0.1) is 0 Å². The lowest BCUT2D eigenvalue weighted by Gasteiger charge is -2.18. The van der Waals surface area contributed by atoms with Crippen LogP contribution in [0.5, 0.6) is 0 Å². The quantitative estimate of drug-likeness (QED) is 0.0261. The molecule has 0 radical (unpaired) electrons. The Morgan fingerprint density at radius 2 is 0.461 bits per heavy atom. The smallest absolute Gasteiger partial charge is 0.306 e. The van der Waals surface area contributed by atoms with E-state index in [0.717, 1.165) is 70.6 Å². The molecule has 0 aromatic heterocycles. The monoisotopic (exact) mass is 1070 g/mol. The molecular formula is C70H134O6. The van der Waals surface area contributed by atoms with Crippen LogP contribution in [0.1, 0.15) is 400 Å². The fourth-order valence-corrected chi connectivity index (χ4v) is 10.8. The third kappa shape index (κ3) is 63.0. The number of carbonyl (C=O) groups is 3. The maximum atomic E-state index is 12.9. The highest BCUT2D eigenvalue weighted by atomic mass is 16.6. The van der Waals surface area contributed by atoms with Crippen LogP contribution in [-0.4, -0.2) is 37.2 Å². The van der Waals surface area contributed by atoms with Crippen molar-refractivity contribution in [2.45, 2.75) is 406 Å². The number of esters is 3. The average Bonchev–Trinajstić information content (AvgIpc) is 3.42. The molecule has 0 aliphatic heterocycles. The van der Waals surface area contributed by atoms with Gasteiger partial charge in [-0.25, -0.2) is 0 Å². The summed E-state index contributed by atoms with van der Waals surface area (Å²) in [5, 5.41) is 0. The number of allylic oxidation sites excluding steroid dienone is 2. The van der Waals surface area contributed by atoms with Gasteiger partial charge in [0.2, 0.25) is 0 Å². The highest BCUT2D eigenvalue weighted by Gasteiger charge is 2.19. The van der Waals surface area contributed by atoms with Gasteiger partial charge < -0.3 is 14.2 Å². The molecule has 0 rings (SSSR count). The van der Waals surface area contributed by atoms with Crippen LogP contribution >= 0.6 is 0 Å². The number of hydrogen-bond acceptors (Lipinski definition) is 6. The Balaban J connectivity index is 4.06. The second-order valence-electron chi connectivity index (χ2n) is 23.8. The van der Waals surface area contributed by atoms with Crippen molar-refractivity contribution >= 4 is 17.9 Å². The zero-order valence-corrected chi connectivity index (χ0v) is 51.8. The molecule has 6 nitrogen and oxygen atoms in total. The second-order valence-corrected chi connectivity index (χ2v) is 23.8. The highest BCUT2D eigenvalue weighted by Crippen LogP contribution is 2.19. The number of carbonyl (C=O) groups excluding carboxylic acids is 3. The van der Waals surface area contributed by atoms with Gasteiger partial charge in [0.05, 0.1) is 0 Å². The van der Waals surface area contributed by atoms with Crippen molar-refractivity contribution in [1.29, 1.82) is 0 Å². The van der Waals surface area contributed by atoms with Gasteiger partial charge in [0.25, 0.3) is 0 Å². The van der Waals surface area contributed by atoms with Gasteiger partial charge >= 0.3 is 17.9 Å². The standard InChI is InChI=1S/C70H134O6/c1-4-7-10-13-16-19-22-24-26-28-30-31-32-33-34-35-36-37-38-39-40-41-43-44-46-48-51-54-57-60-63-69(72)75-66-67(65-74-68(71)62-59-56-53-50-21-18-15-12-9-6-3)76-70(73)64-61-58-55-52-49-47-45-42-29-27-25-23-20-17-14-11-8-5-2/h12,15,67H,4-11,13-14,16-66H2,1-3H3/b15-12-. The summed E-state index contributed by atoms with van der Waals surface area (Å²) < 4.78 is 16.9. The predicted molar refractivity (Wildman–Crippen MR) is 330 cm³/mol. The van der Waals surface area contributed by atoms with Crippen molar-refractivity contribution in [2.75, 3.05) is 13.2 Å². The summed E-state index contributed by atoms with van der Waals surface area (Å²) in [7, 11) is 0. The van der Waals surface area contributed by atoms with Crippen LogP contribution in [0.4, 0.5) is 0 Å². The number of unbranched alkanes of at least 4 members (excludes halogenated alkanes) is 52. The third-order valence-corrected chi connectivity index (χ3v) is 16.0. The molecule has 6 heteroatoms. The maximum absolute atomic E-state index is 12.9. The van der Waals surface area contributed by atoms with Gasteiger partial charge in [0, 0.05) is 19.3 Å². The van der Waals surface area contributed by atoms with Crippen LogP contribution in [-0.2, 0) is 28.6 Å². The summed E-state index contributed by atoms with van der Waals surface area (Å²) in [5.41, 5.74) is 0. The second kappa shape index (κ2) is 65.7. The van der Waals surface area contributed by atoms with E-state index in [1.54, 1.807) is 0 Å². The summed E-state index contributed by atoms with van der Waals surface area (Å²) in [6.45, 7) is 6.65. The topological polar surface area (TPSA) is 78.9 Å². The summed E-state index contributed by atoms with van der Waals surface area (Å²) in [4.78, 5) is 38.2. The van der Waals surface area contributed by atoms with Gasteiger partial charge in [-0.1, -0.05) is 354 Å². The van der Waals surface area contributed by atoms with Crippen LogP contribution < -0.4 is 0 Å². The Bertz CT molecular complexity index is 1180. The largest absolute Gasteiger partial charge is 0.462 e. The molecule has 1 unspecified atom stereocenters. The van der Waals surface area contributed by atoms with Gasteiger partial charge in [-0.2, -0.15) is 0 Å². The maximum Gasteiger partial charge on any atom is 0.306 e. The molecule has 0 saturated carbocycles. The fraction of sp³-hybridized carbons (Fsp3) is 0.929. The van der Waals surface area contributed by atoms with Crippen molar-refractivity contribution in [3.63, 3.8) is 0 Å². The SMILES string of the molecule is CCC/C=C\CCCCCCCC(=O)OCC(COC(=O)CCCCCCCCCCCCCCCCCCCCCCCCCCCCCCCC)OC(=O)CCCCCCCCCCCCCCCCCCCC. The van der Waals surface area contributed by atoms with Crippen LogP contribution in [0.25, 0.3) is 0 Å². The summed E-state index contributed by atoms with van der Waals surface area (Å²) in [5.74, 6) is -0.847. The molecule has 0 N–H and O–H groups in total. The summed E-state index contributed by atoms with van der Waals surface area (Å²) >= 11 is 0. The molecule has 0 aliphatic rings. The zero-order chi connectivity index (χ0) is 55.0. The summed E-state index contributed by atoms with van der Waals surface area (Å²) in [6, 6.07) is 0. The lowest BCUT2D eigenvalue weighted by atomic mass is 10.0. The minimum absolute atomic E-state index is 0.0662. The van der Waals surface area contributed by atoms with Crippen molar-refractivity contribution in [1.82, 2.24) is 0 Å². The normalized spacial score (nSPS) is 12.0. The van der Waals surface area contributed by atoms with Gasteiger partial charge in [0.1, 0.15) is 13.2 Å². The van der Waals surface area contributed by atoms with E-state index < -0.39 is 6.10 Å². The first-order valence-corrected chi connectivity index (χ1v) is 34.7. The van der Waals surface area contributed by atoms with Crippen molar-refractivity contribution in [3.05, 3.63) is 12.2 Å². The first-order valence-electron chi connectivity index (χ1n) is 34.7. The Labute approximate surface area is 475 Å².